The van der Waals surface area contributed by atoms with Crippen LogP contribution in [0.5, 0.6) is 0 Å². The molecule has 0 radical (unpaired) electrons. The van der Waals surface area contributed by atoms with Crippen LogP contribution in [0.4, 0.5) is 0 Å². The third-order valence-corrected chi connectivity index (χ3v) is 1.20. The van der Waals surface area contributed by atoms with Crippen molar-refractivity contribution in [3.8, 4) is 0 Å². The summed E-state index contributed by atoms with van der Waals surface area (Å²) < 4.78 is 4.42. The van der Waals surface area contributed by atoms with Gasteiger partial charge in [0, 0.05) is 0 Å². The Hall–Kier alpha value is 0.562. The van der Waals surface area contributed by atoms with Crippen LogP contribution >= 0.6 is 7.43 Å². The molecule has 0 rings (SSSR count). The summed E-state index contributed by atoms with van der Waals surface area (Å²) in [4.78, 5) is 9.82. The first-order valence-corrected chi connectivity index (χ1v) is 4.91. The normalized spacial score (nSPS) is 8.33. The average Bonchev–Trinajstić information content (AvgIpc) is 1.35. The van der Waals surface area contributed by atoms with Crippen LogP contribution in [0.1, 0.15) is 6.92 Å². The van der Waals surface area contributed by atoms with Crippen molar-refractivity contribution in [2.24, 2.45) is 0 Å². The number of carbonyl (C=O) groups excluding carboxylic acids is 1. The summed E-state index contributed by atoms with van der Waals surface area (Å²) in [6, 6.07) is 0. The summed E-state index contributed by atoms with van der Waals surface area (Å²) in [5.41, 5.74) is 0. The van der Waals surface area contributed by atoms with Crippen LogP contribution in [0.2, 0.25) is 0 Å². The summed E-state index contributed by atoms with van der Waals surface area (Å²) in [5, 5.41) is 0. The Labute approximate surface area is 46.9 Å². The fourth-order valence-electron chi connectivity index (χ4n) is 0.0525. The molecule has 6 heavy (non-hydrogen) atoms. The quantitative estimate of drug-likeness (QED) is 0.449. The predicted molar refractivity (Wildman–Crippen MR) is 21.5 cm³/mol. The Bertz CT molecular complexity index is 55.5. The van der Waals surface area contributed by atoms with Gasteiger partial charge in [-0.2, -0.15) is 0 Å². The van der Waals surface area contributed by atoms with E-state index < -0.39 is 0 Å². The van der Waals surface area contributed by atoms with Crippen molar-refractivity contribution in [2.75, 3.05) is 0 Å². The molecule has 0 aliphatic rings. The van der Waals surface area contributed by atoms with Crippen molar-refractivity contribution in [3.05, 3.63) is 0 Å². The molecular weight excluding hydrogens is 193 g/mol. The summed E-state index contributed by atoms with van der Waals surface area (Å²) in [5.74, 6) is -0.209. The predicted octanol–water partition coefficient (Wildman–Crippen LogP) is 0.337. The molecule has 0 aromatic rings. The van der Waals surface area contributed by atoms with Gasteiger partial charge in [-0.15, -0.1) is 0 Å². The van der Waals surface area contributed by atoms with Crippen molar-refractivity contribution in [1.82, 2.24) is 0 Å². The Kier molecular flexibility index (Phi) is 4.09. The molecule has 0 spiro atoms. The van der Waals surface area contributed by atoms with Crippen LogP contribution in [0.25, 0.3) is 0 Å². The van der Waals surface area contributed by atoms with E-state index in [0.717, 1.165) is 0 Å². The molecule has 0 heterocycles. The van der Waals surface area contributed by atoms with E-state index >= 15 is 0 Å². The molecule has 0 bridgehead atoms. The first-order valence-electron chi connectivity index (χ1n) is 1.22. The van der Waals surface area contributed by atoms with E-state index in [4.69, 9.17) is 0 Å². The van der Waals surface area contributed by atoms with E-state index in [-0.39, 0.29) is 23.8 Å². The molecule has 0 saturated carbocycles. The average molecular weight is 198 g/mol. The fraction of sp³-hybridized carbons (Fsp3) is 0.500. The van der Waals surface area contributed by atoms with Crippen LogP contribution in [0, 0.1) is 0 Å². The number of carbonyl (C=O) groups is 1. The molecule has 0 aromatic heterocycles. The van der Waals surface area contributed by atoms with E-state index in [1.54, 1.807) is 0 Å². The Balaban J connectivity index is 2.83. The molecule has 0 N–H and O–H groups in total. The van der Waals surface area contributed by atoms with E-state index in [2.05, 4.69) is 10.9 Å². The molecule has 4 heteroatoms. The van der Waals surface area contributed by atoms with E-state index in [0.29, 0.717) is 0 Å². The van der Waals surface area contributed by atoms with Gasteiger partial charge >= 0.3 is 46.4 Å². The summed E-state index contributed by atoms with van der Waals surface area (Å²) >= 11 is 0.0509. The Morgan fingerprint density at radius 3 is 2.50 bits per heavy atom. The van der Waals surface area contributed by atoms with Gasteiger partial charge in [0.1, 0.15) is 0 Å². The molecule has 1 unspecified atom stereocenters. The molecule has 0 aliphatic heterocycles. The maximum atomic E-state index is 9.82. The zero-order valence-electron chi connectivity index (χ0n) is 3.21. The van der Waals surface area contributed by atoms with Gasteiger partial charge in [-0.25, -0.2) is 0 Å². The topological polar surface area (TPSA) is 26.3 Å². The van der Waals surface area contributed by atoms with Crippen molar-refractivity contribution >= 4 is 13.4 Å². The molecular formula is C2H5O2PPd. The number of hydrogen-bond acceptors (Lipinski definition) is 2. The second-order valence-corrected chi connectivity index (χ2v) is 2.20. The fourth-order valence-corrected chi connectivity index (χ4v) is 0.931. The zero-order chi connectivity index (χ0) is 4.99. The number of hydrogen-bond donors (Lipinski definition) is 0. The van der Waals surface area contributed by atoms with Crippen molar-refractivity contribution < 1.29 is 26.1 Å². The monoisotopic (exact) mass is 198 g/mol. The van der Waals surface area contributed by atoms with E-state index in [9.17, 15) is 4.79 Å². The standard InChI is InChI=1S/C2H4O2.H2P.Pd/c1-2(3)4;;/h1H3,(H,3,4);1H2;/q;-1;+2/p-1. The van der Waals surface area contributed by atoms with E-state index in [1.807, 2.05) is 0 Å². The van der Waals surface area contributed by atoms with Gasteiger partial charge < -0.3 is 0 Å². The van der Waals surface area contributed by atoms with Crippen LogP contribution in [0.15, 0.2) is 0 Å². The Morgan fingerprint density at radius 2 is 2.50 bits per heavy atom. The third-order valence-electron chi connectivity index (χ3n) is 0.128. The van der Waals surface area contributed by atoms with Gasteiger partial charge in [-0.05, 0) is 0 Å². The van der Waals surface area contributed by atoms with Gasteiger partial charge in [0.25, 0.3) is 0 Å². The molecule has 0 aromatic carbocycles. The van der Waals surface area contributed by atoms with Crippen LogP contribution < -0.4 is 0 Å². The second-order valence-electron chi connectivity index (χ2n) is 0.631. The van der Waals surface area contributed by atoms with Crippen molar-refractivity contribution in [1.29, 1.82) is 0 Å². The Morgan fingerprint density at radius 1 is 2.00 bits per heavy atom. The first kappa shape index (κ1) is 6.56. The van der Waals surface area contributed by atoms with Crippen molar-refractivity contribution in [3.63, 3.8) is 0 Å². The minimum atomic E-state index is -0.209. The van der Waals surface area contributed by atoms with Crippen molar-refractivity contribution in [2.45, 2.75) is 6.92 Å². The first-order chi connectivity index (χ1) is 2.77. The number of rotatable bonds is 1. The van der Waals surface area contributed by atoms with Gasteiger partial charge in [-0.1, -0.05) is 0 Å². The molecule has 0 aliphatic carbocycles. The third kappa shape index (κ3) is 4.56. The molecule has 0 saturated heterocycles. The summed E-state index contributed by atoms with van der Waals surface area (Å²) in [7, 11) is 2.33. The van der Waals surface area contributed by atoms with Gasteiger partial charge in [0.05, 0.1) is 0 Å². The SMILES string of the molecule is CC(=O)[O][Pd][PH2]. The van der Waals surface area contributed by atoms with Crippen LogP contribution in [0.3, 0.4) is 0 Å². The van der Waals surface area contributed by atoms with Gasteiger partial charge in [0.2, 0.25) is 0 Å². The van der Waals surface area contributed by atoms with E-state index in [1.165, 1.54) is 6.92 Å². The van der Waals surface area contributed by atoms with Crippen LogP contribution in [-0.4, -0.2) is 5.97 Å². The van der Waals surface area contributed by atoms with Gasteiger partial charge in [0.15, 0.2) is 0 Å². The molecule has 1 atom stereocenters. The minimum absolute atomic E-state index is 0.0509. The van der Waals surface area contributed by atoms with Crippen LogP contribution in [-0.2, 0) is 26.1 Å². The second kappa shape index (κ2) is 3.74. The molecule has 40 valence electrons. The summed E-state index contributed by atoms with van der Waals surface area (Å²) in [6.45, 7) is 1.39. The molecule has 0 amide bonds. The zero-order valence-corrected chi connectivity index (χ0v) is 5.92. The van der Waals surface area contributed by atoms with Gasteiger partial charge in [-0.3, -0.25) is 0 Å². The maximum absolute atomic E-state index is 9.82. The summed E-state index contributed by atoms with van der Waals surface area (Å²) in [6.07, 6.45) is 0. The molecule has 2 nitrogen and oxygen atoms in total. The molecule has 0 fully saturated rings.